The van der Waals surface area contributed by atoms with Gasteiger partial charge in [-0.2, -0.15) is 0 Å². The molecule has 3 N–H and O–H groups in total. The largest absolute Gasteiger partial charge is 0.486 e. The second-order valence-corrected chi connectivity index (χ2v) is 4.84. The molecule has 2 aromatic carbocycles. The molecule has 0 bridgehead atoms. The van der Waals surface area contributed by atoms with Crippen LogP contribution in [-0.4, -0.2) is 19.8 Å². The third-order valence-electron chi connectivity index (χ3n) is 3.39. The first-order valence-electron chi connectivity index (χ1n) is 6.88. The summed E-state index contributed by atoms with van der Waals surface area (Å²) in [7, 11) is 0. The first-order valence-corrected chi connectivity index (χ1v) is 6.88. The Morgan fingerprint density at radius 1 is 1.05 bits per heavy atom. The van der Waals surface area contributed by atoms with E-state index in [2.05, 4.69) is 5.32 Å². The molecule has 21 heavy (non-hydrogen) atoms. The van der Waals surface area contributed by atoms with E-state index in [1.54, 1.807) is 12.1 Å². The van der Waals surface area contributed by atoms with Crippen LogP contribution in [0.25, 0.3) is 0 Å². The SMILES string of the molecule is NCC(Nc1ccc(F)cc1)c1ccc2c(c1)OCCO2. The zero-order valence-corrected chi connectivity index (χ0v) is 11.5. The lowest BCUT2D eigenvalue weighted by Gasteiger charge is -2.23. The summed E-state index contributed by atoms with van der Waals surface area (Å²) in [6.45, 7) is 1.53. The molecule has 1 unspecified atom stereocenters. The minimum atomic E-state index is -0.260. The highest BCUT2D eigenvalue weighted by atomic mass is 19.1. The van der Waals surface area contributed by atoms with Gasteiger partial charge in [-0.3, -0.25) is 0 Å². The third kappa shape index (κ3) is 3.08. The molecule has 1 aliphatic heterocycles. The van der Waals surface area contributed by atoms with Gasteiger partial charge in [0, 0.05) is 12.2 Å². The molecule has 110 valence electrons. The van der Waals surface area contributed by atoms with Crippen LogP contribution in [0, 0.1) is 5.82 Å². The Morgan fingerprint density at radius 2 is 1.76 bits per heavy atom. The van der Waals surface area contributed by atoms with Gasteiger partial charge >= 0.3 is 0 Å². The molecule has 5 heteroatoms. The molecule has 4 nitrogen and oxygen atoms in total. The summed E-state index contributed by atoms with van der Waals surface area (Å²) >= 11 is 0. The lowest BCUT2D eigenvalue weighted by atomic mass is 10.1. The molecule has 0 aromatic heterocycles. The summed E-state index contributed by atoms with van der Waals surface area (Å²) in [6, 6.07) is 11.9. The fourth-order valence-corrected chi connectivity index (χ4v) is 2.30. The maximum absolute atomic E-state index is 12.9. The molecule has 0 fully saturated rings. The van der Waals surface area contributed by atoms with Crippen molar-refractivity contribution in [1.82, 2.24) is 0 Å². The summed E-state index contributed by atoms with van der Waals surface area (Å²) in [6.07, 6.45) is 0. The van der Waals surface area contributed by atoms with E-state index in [1.165, 1.54) is 12.1 Å². The Balaban J connectivity index is 1.81. The standard InChI is InChI=1S/C16H17FN2O2/c17-12-2-4-13(5-3-12)19-14(10-18)11-1-6-15-16(9-11)21-8-7-20-15/h1-6,9,14,19H,7-8,10,18H2. The fourth-order valence-electron chi connectivity index (χ4n) is 2.30. The van der Waals surface area contributed by atoms with E-state index in [4.69, 9.17) is 15.2 Å². The van der Waals surface area contributed by atoms with Gasteiger partial charge in [0.25, 0.3) is 0 Å². The number of rotatable bonds is 4. The number of ether oxygens (including phenoxy) is 2. The number of fused-ring (bicyclic) bond motifs is 1. The molecule has 2 aromatic rings. The minimum absolute atomic E-state index is 0.0775. The number of halogens is 1. The van der Waals surface area contributed by atoms with Crippen LogP contribution in [0.4, 0.5) is 10.1 Å². The van der Waals surface area contributed by atoms with Crippen molar-refractivity contribution in [1.29, 1.82) is 0 Å². The lowest BCUT2D eigenvalue weighted by Crippen LogP contribution is -2.21. The van der Waals surface area contributed by atoms with Gasteiger partial charge in [0.1, 0.15) is 19.0 Å². The van der Waals surface area contributed by atoms with Crippen molar-refractivity contribution in [2.24, 2.45) is 5.73 Å². The molecular formula is C16H17FN2O2. The molecule has 3 rings (SSSR count). The lowest BCUT2D eigenvalue weighted by molar-refractivity contribution is 0.171. The Morgan fingerprint density at radius 3 is 2.48 bits per heavy atom. The zero-order valence-electron chi connectivity index (χ0n) is 11.5. The smallest absolute Gasteiger partial charge is 0.161 e. The molecule has 0 saturated carbocycles. The molecular weight excluding hydrogens is 271 g/mol. The number of hydrogen-bond donors (Lipinski definition) is 2. The molecule has 0 saturated heterocycles. The van der Waals surface area contributed by atoms with Crippen molar-refractivity contribution in [3.63, 3.8) is 0 Å². The van der Waals surface area contributed by atoms with E-state index in [0.29, 0.717) is 19.8 Å². The van der Waals surface area contributed by atoms with Crippen LogP contribution in [0.3, 0.4) is 0 Å². The molecule has 0 radical (unpaired) electrons. The van der Waals surface area contributed by atoms with Crippen LogP contribution in [0.15, 0.2) is 42.5 Å². The van der Waals surface area contributed by atoms with Crippen molar-refractivity contribution < 1.29 is 13.9 Å². The average Bonchev–Trinajstić information content (AvgIpc) is 2.54. The van der Waals surface area contributed by atoms with Gasteiger partial charge in [-0.05, 0) is 42.0 Å². The van der Waals surface area contributed by atoms with E-state index in [1.807, 2.05) is 18.2 Å². The Bertz CT molecular complexity index is 616. The Labute approximate surface area is 122 Å². The number of nitrogens with two attached hydrogens (primary N) is 1. The number of hydrogen-bond acceptors (Lipinski definition) is 4. The number of anilines is 1. The quantitative estimate of drug-likeness (QED) is 0.908. The fraction of sp³-hybridized carbons (Fsp3) is 0.250. The maximum Gasteiger partial charge on any atom is 0.161 e. The van der Waals surface area contributed by atoms with E-state index in [0.717, 1.165) is 22.7 Å². The number of benzene rings is 2. The zero-order chi connectivity index (χ0) is 14.7. The van der Waals surface area contributed by atoms with Crippen molar-refractivity contribution in [2.75, 3.05) is 25.1 Å². The molecule has 1 heterocycles. The van der Waals surface area contributed by atoms with E-state index in [-0.39, 0.29) is 11.9 Å². The Hall–Kier alpha value is -2.27. The van der Waals surface area contributed by atoms with Gasteiger partial charge in [-0.1, -0.05) is 6.07 Å². The first kappa shape index (κ1) is 13.7. The highest BCUT2D eigenvalue weighted by Crippen LogP contribution is 2.33. The summed E-state index contributed by atoms with van der Waals surface area (Å²) < 4.78 is 24.0. The van der Waals surface area contributed by atoms with Gasteiger partial charge in [0.05, 0.1) is 6.04 Å². The van der Waals surface area contributed by atoms with Crippen molar-refractivity contribution >= 4 is 5.69 Å². The van der Waals surface area contributed by atoms with Crippen LogP contribution in [0.5, 0.6) is 11.5 Å². The van der Waals surface area contributed by atoms with E-state index in [9.17, 15) is 4.39 Å². The van der Waals surface area contributed by atoms with E-state index < -0.39 is 0 Å². The predicted octanol–water partition coefficient (Wildman–Crippen LogP) is 2.71. The monoisotopic (exact) mass is 288 g/mol. The summed E-state index contributed by atoms with van der Waals surface area (Å²) in [5, 5.41) is 3.29. The van der Waals surface area contributed by atoms with Crippen LogP contribution in [0.1, 0.15) is 11.6 Å². The predicted molar refractivity (Wildman–Crippen MR) is 79.3 cm³/mol. The molecule has 1 atom stereocenters. The second kappa shape index (κ2) is 6.01. The van der Waals surface area contributed by atoms with Crippen LogP contribution in [0.2, 0.25) is 0 Å². The van der Waals surface area contributed by atoms with E-state index >= 15 is 0 Å². The number of nitrogens with one attached hydrogen (secondary N) is 1. The highest BCUT2D eigenvalue weighted by Gasteiger charge is 2.16. The second-order valence-electron chi connectivity index (χ2n) is 4.84. The molecule has 1 aliphatic rings. The van der Waals surface area contributed by atoms with Crippen molar-refractivity contribution in [3.8, 4) is 11.5 Å². The van der Waals surface area contributed by atoms with Gasteiger partial charge in [0.2, 0.25) is 0 Å². The highest BCUT2D eigenvalue weighted by molar-refractivity contribution is 5.49. The van der Waals surface area contributed by atoms with Gasteiger partial charge in [-0.15, -0.1) is 0 Å². The van der Waals surface area contributed by atoms with Gasteiger partial charge < -0.3 is 20.5 Å². The van der Waals surface area contributed by atoms with Gasteiger partial charge in [0.15, 0.2) is 11.5 Å². The third-order valence-corrected chi connectivity index (χ3v) is 3.39. The van der Waals surface area contributed by atoms with Crippen LogP contribution >= 0.6 is 0 Å². The Kier molecular flexibility index (Phi) is 3.92. The summed E-state index contributed by atoms with van der Waals surface area (Å²) in [5.41, 5.74) is 7.68. The molecule has 0 amide bonds. The van der Waals surface area contributed by atoms with Crippen LogP contribution < -0.4 is 20.5 Å². The maximum atomic E-state index is 12.9. The summed E-state index contributed by atoms with van der Waals surface area (Å²) in [4.78, 5) is 0. The van der Waals surface area contributed by atoms with Crippen LogP contribution in [-0.2, 0) is 0 Å². The topological polar surface area (TPSA) is 56.5 Å². The summed E-state index contributed by atoms with van der Waals surface area (Å²) in [5.74, 6) is 1.23. The average molecular weight is 288 g/mol. The molecule has 0 aliphatic carbocycles. The normalized spacial score (nSPS) is 14.6. The van der Waals surface area contributed by atoms with Gasteiger partial charge in [-0.25, -0.2) is 4.39 Å². The minimum Gasteiger partial charge on any atom is -0.486 e. The van der Waals surface area contributed by atoms with Crippen molar-refractivity contribution in [3.05, 3.63) is 53.8 Å². The van der Waals surface area contributed by atoms with Crippen molar-refractivity contribution in [2.45, 2.75) is 6.04 Å². The molecule has 0 spiro atoms. The first-order chi connectivity index (χ1) is 10.3.